The first-order chi connectivity index (χ1) is 6.59. The molecule has 72 valence electrons. The van der Waals surface area contributed by atoms with Crippen LogP contribution in [0.15, 0.2) is 18.3 Å². The number of halogens is 1. The van der Waals surface area contributed by atoms with Crippen molar-refractivity contribution in [1.29, 1.82) is 5.41 Å². The Morgan fingerprint density at radius 3 is 2.86 bits per heavy atom. The monoisotopic (exact) mass is 207 g/mol. The van der Waals surface area contributed by atoms with Gasteiger partial charge in [0.15, 0.2) is 0 Å². The zero-order valence-electron chi connectivity index (χ0n) is 8.00. The average molecular weight is 208 g/mol. The Kier molecular flexibility index (Phi) is 2.04. The van der Waals surface area contributed by atoms with Crippen LogP contribution in [0.1, 0.15) is 12.5 Å². The van der Waals surface area contributed by atoms with Crippen LogP contribution < -0.4 is 0 Å². The largest absolute Gasteiger partial charge is 0.305 e. The first-order valence-corrected chi connectivity index (χ1v) is 4.64. The normalized spacial score (nSPS) is 10.8. The van der Waals surface area contributed by atoms with Gasteiger partial charge in [0.1, 0.15) is 0 Å². The number of fused-ring (bicyclic) bond motifs is 1. The Balaban J connectivity index is 2.80. The summed E-state index contributed by atoms with van der Waals surface area (Å²) in [5.41, 5.74) is 2.27. The number of benzene rings is 1. The fourth-order valence-corrected chi connectivity index (χ4v) is 1.83. The number of nitrogens with zero attached hydrogens (tertiary/aromatic N) is 2. The molecule has 1 aromatic carbocycles. The molecule has 0 aliphatic carbocycles. The molecule has 1 aromatic heterocycles. The lowest BCUT2D eigenvalue weighted by molar-refractivity contribution is 0.797. The van der Waals surface area contributed by atoms with Crippen LogP contribution in [0, 0.1) is 5.41 Å². The van der Waals surface area contributed by atoms with E-state index in [4.69, 9.17) is 17.0 Å². The van der Waals surface area contributed by atoms with Gasteiger partial charge in [-0.05, 0) is 24.6 Å². The van der Waals surface area contributed by atoms with Crippen molar-refractivity contribution >= 4 is 28.2 Å². The highest BCUT2D eigenvalue weighted by molar-refractivity contribution is 6.35. The summed E-state index contributed by atoms with van der Waals surface area (Å²) < 4.78 is 1.74. The van der Waals surface area contributed by atoms with Crippen LogP contribution in [0.3, 0.4) is 0 Å². The van der Waals surface area contributed by atoms with Gasteiger partial charge in [0, 0.05) is 18.1 Å². The minimum Gasteiger partial charge on any atom is -0.305 e. The Morgan fingerprint density at radius 2 is 2.21 bits per heavy atom. The molecule has 0 saturated heterocycles. The summed E-state index contributed by atoms with van der Waals surface area (Å²) in [7, 11) is 1.85. The van der Waals surface area contributed by atoms with Crippen LogP contribution in [0.25, 0.3) is 10.9 Å². The molecular weight excluding hydrogens is 198 g/mol. The topological polar surface area (TPSA) is 41.7 Å². The van der Waals surface area contributed by atoms with Crippen LogP contribution in [0.2, 0.25) is 5.02 Å². The molecule has 14 heavy (non-hydrogen) atoms. The van der Waals surface area contributed by atoms with Crippen LogP contribution >= 0.6 is 11.6 Å². The molecule has 0 radical (unpaired) electrons. The predicted molar refractivity (Wildman–Crippen MR) is 58.2 cm³/mol. The highest BCUT2D eigenvalue weighted by Gasteiger charge is 2.07. The number of aromatic nitrogens is 2. The average Bonchev–Trinajstić information content (AvgIpc) is 2.48. The maximum atomic E-state index is 7.53. The fraction of sp³-hybridized carbons (Fsp3) is 0.200. The maximum absolute atomic E-state index is 7.53. The highest BCUT2D eigenvalue weighted by Crippen LogP contribution is 2.24. The SMILES string of the molecule is CC(=N)c1cc(Cl)c2c(cnn2C)c1. The van der Waals surface area contributed by atoms with Gasteiger partial charge >= 0.3 is 0 Å². The van der Waals surface area contributed by atoms with Gasteiger partial charge in [0.05, 0.1) is 16.7 Å². The smallest absolute Gasteiger partial charge is 0.0865 e. The number of aryl methyl sites for hydroxylation is 1. The van der Waals surface area contributed by atoms with Gasteiger partial charge in [-0.3, -0.25) is 4.68 Å². The highest BCUT2D eigenvalue weighted by atomic mass is 35.5. The summed E-state index contributed by atoms with van der Waals surface area (Å²) in [4.78, 5) is 0. The van der Waals surface area contributed by atoms with E-state index in [2.05, 4.69) is 5.10 Å². The molecule has 3 nitrogen and oxygen atoms in total. The van der Waals surface area contributed by atoms with E-state index in [9.17, 15) is 0 Å². The van der Waals surface area contributed by atoms with Crippen molar-refractivity contribution in [2.75, 3.05) is 0 Å². The van der Waals surface area contributed by atoms with Crippen molar-refractivity contribution in [3.63, 3.8) is 0 Å². The third-order valence-electron chi connectivity index (χ3n) is 2.22. The Bertz CT molecular complexity index is 513. The second kappa shape index (κ2) is 3.10. The van der Waals surface area contributed by atoms with E-state index in [1.54, 1.807) is 23.9 Å². The van der Waals surface area contributed by atoms with Crippen LogP contribution in [-0.4, -0.2) is 15.5 Å². The van der Waals surface area contributed by atoms with Crippen LogP contribution in [0.5, 0.6) is 0 Å². The van der Waals surface area contributed by atoms with E-state index in [-0.39, 0.29) is 0 Å². The molecule has 0 spiro atoms. The summed E-state index contributed by atoms with van der Waals surface area (Å²) in [6.45, 7) is 1.74. The summed E-state index contributed by atoms with van der Waals surface area (Å²) in [5, 5.41) is 13.3. The molecule has 2 rings (SSSR count). The van der Waals surface area contributed by atoms with Gasteiger partial charge in [-0.2, -0.15) is 5.10 Å². The maximum Gasteiger partial charge on any atom is 0.0865 e. The molecule has 0 bridgehead atoms. The van der Waals surface area contributed by atoms with E-state index >= 15 is 0 Å². The van der Waals surface area contributed by atoms with Crippen molar-refractivity contribution in [2.45, 2.75) is 6.92 Å². The molecule has 0 saturated carbocycles. The van der Waals surface area contributed by atoms with Crippen molar-refractivity contribution in [3.8, 4) is 0 Å². The van der Waals surface area contributed by atoms with Crippen molar-refractivity contribution in [3.05, 3.63) is 28.9 Å². The molecule has 1 heterocycles. The Morgan fingerprint density at radius 1 is 1.50 bits per heavy atom. The van der Waals surface area contributed by atoms with Gasteiger partial charge < -0.3 is 5.41 Å². The van der Waals surface area contributed by atoms with Crippen molar-refractivity contribution in [2.24, 2.45) is 7.05 Å². The summed E-state index contributed by atoms with van der Waals surface area (Å²) in [5.74, 6) is 0. The lowest BCUT2D eigenvalue weighted by Crippen LogP contribution is -1.94. The van der Waals surface area contributed by atoms with E-state index < -0.39 is 0 Å². The van der Waals surface area contributed by atoms with Gasteiger partial charge in [0.25, 0.3) is 0 Å². The van der Waals surface area contributed by atoms with Crippen molar-refractivity contribution < 1.29 is 0 Å². The van der Waals surface area contributed by atoms with Crippen LogP contribution in [0.4, 0.5) is 0 Å². The van der Waals surface area contributed by atoms with Gasteiger partial charge in [-0.1, -0.05) is 11.6 Å². The van der Waals surface area contributed by atoms with Gasteiger partial charge in [0.2, 0.25) is 0 Å². The van der Waals surface area contributed by atoms with E-state index in [1.807, 2.05) is 13.1 Å². The van der Waals surface area contributed by atoms with E-state index in [1.165, 1.54) is 0 Å². The number of hydrogen-bond donors (Lipinski definition) is 1. The lowest BCUT2D eigenvalue weighted by atomic mass is 10.1. The zero-order valence-corrected chi connectivity index (χ0v) is 8.76. The third-order valence-corrected chi connectivity index (χ3v) is 2.51. The molecule has 2 aromatic rings. The Labute approximate surface area is 86.8 Å². The number of nitrogens with one attached hydrogen (secondary N) is 1. The quantitative estimate of drug-likeness (QED) is 0.718. The van der Waals surface area contributed by atoms with E-state index in [0.717, 1.165) is 16.5 Å². The standard InChI is InChI=1S/C10H10ClN3/c1-6(12)7-3-8-5-13-14(2)10(8)9(11)4-7/h3-5,12H,1-2H3. The molecule has 0 unspecified atom stereocenters. The van der Waals surface area contributed by atoms with E-state index in [0.29, 0.717) is 10.7 Å². The Hall–Kier alpha value is -1.35. The molecule has 0 atom stereocenters. The molecule has 4 heteroatoms. The summed E-state index contributed by atoms with van der Waals surface area (Å²) >= 11 is 6.10. The first kappa shape index (κ1) is 9.21. The molecule has 0 amide bonds. The fourth-order valence-electron chi connectivity index (χ4n) is 1.48. The minimum absolute atomic E-state index is 0.512. The predicted octanol–water partition coefficient (Wildman–Crippen LogP) is 2.61. The zero-order chi connectivity index (χ0) is 10.3. The minimum atomic E-state index is 0.512. The number of rotatable bonds is 1. The third kappa shape index (κ3) is 1.30. The van der Waals surface area contributed by atoms with Crippen LogP contribution in [-0.2, 0) is 7.05 Å². The lowest BCUT2D eigenvalue weighted by Gasteiger charge is -2.02. The molecule has 0 fully saturated rings. The van der Waals surface area contributed by atoms with Gasteiger partial charge in [-0.25, -0.2) is 0 Å². The molecule has 0 aliphatic heterocycles. The van der Waals surface area contributed by atoms with Crippen molar-refractivity contribution in [1.82, 2.24) is 9.78 Å². The summed E-state index contributed by atoms with van der Waals surface area (Å²) in [6.07, 6.45) is 1.76. The molecule has 0 aliphatic rings. The molecular formula is C10H10ClN3. The second-order valence-electron chi connectivity index (χ2n) is 3.29. The molecule has 1 N–H and O–H groups in total. The number of hydrogen-bond acceptors (Lipinski definition) is 2. The van der Waals surface area contributed by atoms with Gasteiger partial charge in [-0.15, -0.1) is 0 Å². The second-order valence-corrected chi connectivity index (χ2v) is 3.70. The summed E-state index contributed by atoms with van der Waals surface area (Å²) in [6, 6.07) is 3.73. The first-order valence-electron chi connectivity index (χ1n) is 4.26.